The molecule has 4 rings (SSSR count). The van der Waals surface area contributed by atoms with Crippen molar-refractivity contribution >= 4 is 17.5 Å². The molecule has 1 aliphatic rings. The Hall–Kier alpha value is -3.70. The number of aromatic amines is 1. The smallest absolute Gasteiger partial charge is 0.383 e. The quantitative estimate of drug-likeness (QED) is 0.483. The van der Waals surface area contributed by atoms with Crippen LogP contribution in [0.5, 0.6) is 0 Å². The van der Waals surface area contributed by atoms with Crippen molar-refractivity contribution in [2.75, 3.05) is 12.3 Å². The number of carbonyl (C=O) groups is 2. The number of halogens is 4. The number of nitrogens with zero attached hydrogens (tertiary/aromatic N) is 4. The molecule has 8 nitrogen and oxygen atoms in total. The van der Waals surface area contributed by atoms with Crippen molar-refractivity contribution in [2.24, 2.45) is 0 Å². The average molecular weight is 436 g/mol. The van der Waals surface area contributed by atoms with E-state index < -0.39 is 41.1 Å². The first-order chi connectivity index (χ1) is 14.7. The van der Waals surface area contributed by atoms with Crippen LogP contribution in [-0.2, 0) is 6.18 Å². The summed E-state index contributed by atoms with van der Waals surface area (Å²) in [6.07, 6.45) is -2.61. The molecule has 0 saturated carbocycles. The summed E-state index contributed by atoms with van der Waals surface area (Å²) in [5.41, 5.74) is 4.99. The van der Waals surface area contributed by atoms with Crippen LogP contribution >= 0.6 is 0 Å². The molecular weight excluding hydrogens is 420 g/mol. The molecule has 0 unspecified atom stereocenters. The number of aromatic nitrogens is 4. The molecule has 1 aliphatic heterocycles. The number of amides is 1. The van der Waals surface area contributed by atoms with Crippen LogP contribution < -0.4 is 5.73 Å². The molecule has 1 aromatic carbocycles. The van der Waals surface area contributed by atoms with E-state index in [2.05, 4.69) is 10.2 Å². The SMILES string of the molecule is Nc1c(C(=O)[C@H]2CCCN2C(=O)c2cc(C(F)(F)F)[nH]n2)cnn1-c1ccc(F)cc1. The van der Waals surface area contributed by atoms with Crippen molar-refractivity contribution in [3.05, 3.63) is 59.3 Å². The topological polar surface area (TPSA) is 110 Å². The Morgan fingerprint density at radius 2 is 1.90 bits per heavy atom. The molecule has 3 N–H and O–H groups in total. The van der Waals surface area contributed by atoms with Crippen LogP contribution in [0.25, 0.3) is 5.69 Å². The molecule has 1 fully saturated rings. The first kappa shape index (κ1) is 20.6. The van der Waals surface area contributed by atoms with Gasteiger partial charge in [-0.25, -0.2) is 9.07 Å². The number of Topliss-reactive ketones (excluding diaryl/α,β-unsaturated/α-hetero) is 1. The molecular formula is C19H16F4N6O2. The molecule has 31 heavy (non-hydrogen) atoms. The van der Waals surface area contributed by atoms with Gasteiger partial charge in [-0.3, -0.25) is 14.7 Å². The lowest BCUT2D eigenvalue weighted by Gasteiger charge is -2.22. The average Bonchev–Trinajstić information content (AvgIpc) is 3.47. The van der Waals surface area contributed by atoms with Gasteiger partial charge < -0.3 is 10.6 Å². The summed E-state index contributed by atoms with van der Waals surface area (Å²) in [6.45, 7) is 0.190. The Labute approximate surface area is 172 Å². The van der Waals surface area contributed by atoms with Crippen molar-refractivity contribution in [3.8, 4) is 5.69 Å². The summed E-state index contributed by atoms with van der Waals surface area (Å²) < 4.78 is 52.8. The highest BCUT2D eigenvalue weighted by Crippen LogP contribution is 2.30. The summed E-state index contributed by atoms with van der Waals surface area (Å²) in [4.78, 5) is 27.0. The molecule has 12 heteroatoms. The van der Waals surface area contributed by atoms with E-state index in [9.17, 15) is 27.2 Å². The van der Waals surface area contributed by atoms with Crippen molar-refractivity contribution in [2.45, 2.75) is 25.1 Å². The molecule has 0 aliphatic carbocycles. The number of nitrogens with two attached hydrogens (primary N) is 1. The highest BCUT2D eigenvalue weighted by atomic mass is 19.4. The summed E-state index contributed by atoms with van der Waals surface area (Å²) in [5.74, 6) is -1.71. The van der Waals surface area contributed by atoms with E-state index in [0.29, 0.717) is 24.6 Å². The zero-order chi connectivity index (χ0) is 22.3. The summed E-state index contributed by atoms with van der Waals surface area (Å²) in [5, 5.41) is 9.30. The van der Waals surface area contributed by atoms with E-state index in [1.54, 1.807) is 5.10 Å². The highest BCUT2D eigenvalue weighted by Gasteiger charge is 2.39. The van der Waals surface area contributed by atoms with Gasteiger partial charge in [0, 0.05) is 12.6 Å². The van der Waals surface area contributed by atoms with Gasteiger partial charge in [-0.05, 0) is 37.1 Å². The third kappa shape index (κ3) is 3.76. The molecule has 1 amide bonds. The van der Waals surface area contributed by atoms with E-state index in [-0.39, 0.29) is 17.9 Å². The maximum atomic E-state index is 13.1. The van der Waals surface area contributed by atoms with Crippen LogP contribution in [0, 0.1) is 5.82 Å². The zero-order valence-electron chi connectivity index (χ0n) is 15.9. The number of anilines is 1. The molecule has 0 radical (unpaired) electrons. The van der Waals surface area contributed by atoms with Crippen molar-refractivity contribution in [1.82, 2.24) is 24.9 Å². The minimum Gasteiger partial charge on any atom is -0.383 e. The van der Waals surface area contributed by atoms with Crippen LogP contribution in [0.4, 0.5) is 23.4 Å². The van der Waals surface area contributed by atoms with Crippen LogP contribution in [0.1, 0.15) is 39.4 Å². The number of rotatable bonds is 4. The molecule has 0 bridgehead atoms. The maximum absolute atomic E-state index is 13.1. The van der Waals surface area contributed by atoms with Crippen molar-refractivity contribution in [3.63, 3.8) is 0 Å². The van der Waals surface area contributed by atoms with Gasteiger partial charge in [-0.1, -0.05) is 0 Å². The van der Waals surface area contributed by atoms with Gasteiger partial charge in [0.25, 0.3) is 5.91 Å². The van der Waals surface area contributed by atoms with Gasteiger partial charge in [-0.15, -0.1) is 0 Å². The molecule has 0 spiro atoms. The number of hydrogen-bond acceptors (Lipinski definition) is 5. The molecule has 3 aromatic rings. The fourth-order valence-corrected chi connectivity index (χ4v) is 3.52. The number of ketones is 1. The Balaban J connectivity index is 1.58. The number of H-pyrrole nitrogens is 1. The van der Waals surface area contributed by atoms with Gasteiger partial charge in [0.05, 0.1) is 23.5 Å². The lowest BCUT2D eigenvalue weighted by atomic mass is 10.0. The third-order valence-corrected chi connectivity index (χ3v) is 5.06. The van der Waals surface area contributed by atoms with E-state index in [1.165, 1.54) is 40.0 Å². The van der Waals surface area contributed by atoms with Gasteiger partial charge in [-0.2, -0.15) is 23.4 Å². The molecule has 162 valence electrons. The van der Waals surface area contributed by atoms with Gasteiger partial charge in [0.1, 0.15) is 17.3 Å². The summed E-state index contributed by atoms with van der Waals surface area (Å²) >= 11 is 0. The van der Waals surface area contributed by atoms with Crippen LogP contribution in [0.3, 0.4) is 0 Å². The van der Waals surface area contributed by atoms with Crippen molar-refractivity contribution in [1.29, 1.82) is 0 Å². The van der Waals surface area contributed by atoms with Gasteiger partial charge in [0.15, 0.2) is 11.5 Å². The number of hydrogen-bond donors (Lipinski definition) is 2. The summed E-state index contributed by atoms with van der Waals surface area (Å²) in [6, 6.07) is 5.01. The Morgan fingerprint density at radius 3 is 2.55 bits per heavy atom. The monoisotopic (exact) mass is 436 g/mol. The highest BCUT2D eigenvalue weighted by molar-refractivity contribution is 6.06. The fourth-order valence-electron chi connectivity index (χ4n) is 3.52. The number of nitrogens with one attached hydrogen (secondary N) is 1. The third-order valence-electron chi connectivity index (χ3n) is 5.06. The zero-order valence-corrected chi connectivity index (χ0v) is 15.9. The second-order valence-electron chi connectivity index (χ2n) is 7.02. The molecule has 2 aromatic heterocycles. The minimum absolute atomic E-state index is 0.00929. The first-order valence-electron chi connectivity index (χ1n) is 9.24. The van der Waals surface area contributed by atoms with E-state index in [4.69, 9.17) is 5.73 Å². The van der Waals surface area contributed by atoms with Crippen LogP contribution in [0.2, 0.25) is 0 Å². The molecule has 1 atom stereocenters. The van der Waals surface area contributed by atoms with Crippen LogP contribution in [0.15, 0.2) is 36.5 Å². The number of nitrogen functional groups attached to an aromatic ring is 1. The maximum Gasteiger partial charge on any atom is 0.432 e. The van der Waals surface area contributed by atoms with E-state index >= 15 is 0 Å². The number of benzene rings is 1. The number of likely N-dealkylation sites (tertiary alicyclic amines) is 1. The lowest BCUT2D eigenvalue weighted by molar-refractivity contribution is -0.141. The number of carbonyl (C=O) groups excluding carboxylic acids is 2. The Bertz CT molecular complexity index is 1140. The predicted molar refractivity (Wildman–Crippen MR) is 99.9 cm³/mol. The van der Waals surface area contributed by atoms with Gasteiger partial charge >= 0.3 is 6.18 Å². The largest absolute Gasteiger partial charge is 0.432 e. The van der Waals surface area contributed by atoms with E-state index in [0.717, 1.165) is 0 Å². The predicted octanol–water partition coefficient (Wildman–Crippen LogP) is 2.82. The molecule has 3 heterocycles. The van der Waals surface area contributed by atoms with E-state index in [1.807, 2.05) is 0 Å². The second-order valence-corrected chi connectivity index (χ2v) is 7.02. The Kier molecular flexibility index (Phi) is 4.99. The van der Waals surface area contributed by atoms with Crippen LogP contribution in [-0.4, -0.2) is 49.2 Å². The lowest BCUT2D eigenvalue weighted by Crippen LogP contribution is -2.40. The van der Waals surface area contributed by atoms with Gasteiger partial charge in [0.2, 0.25) is 0 Å². The first-order valence-corrected chi connectivity index (χ1v) is 9.24. The normalized spacial score (nSPS) is 16.6. The molecule has 1 saturated heterocycles. The van der Waals surface area contributed by atoms with Crippen molar-refractivity contribution < 1.29 is 27.2 Å². The Morgan fingerprint density at radius 1 is 1.19 bits per heavy atom. The second kappa shape index (κ2) is 7.52. The fraction of sp³-hybridized carbons (Fsp3) is 0.263. The number of alkyl halides is 3. The minimum atomic E-state index is -4.67. The standard InChI is InChI=1S/C19H16F4N6O2/c20-10-3-5-11(6-4-10)29-17(24)12(9-25-29)16(30)14-2-1-7-28(14)18(31)13-8-15(27-26-13)19(21,22)23/h3-6,8-9,14H,1-2,7,24H2,(H,26,27)/t14-/m1/s1. The summed E-state index contributed by atoms with van der Waals surface area (Å²) in [7, 11) is 0.